The molecule has 1 aromatic heterocycles. The van der Waals surface area contributed by atoms with Gasteiger partial charge in [-0.25, -0.2) is 0 Å². The fourth-order valence-corrected chi connectivity index (χ4v) is 2.97. The van der Waals surface area contributed by atoms with Gasteiger partial charge < -0.3 is 9.26 Å². The molecule has 1 saturated carbocycles. The molecule has 0 N–H and O–H groups in total. The molecule has 0 radical (unpaired) electrons. The highest BCUT2D eigenvalue weighted by Crippen LogP contribution is 2.39. The summed E-state index contributed by atoms with van der Waals surface area (Å²) in [4.78, 5) is 6.95. The van der Waals surface area contributed by atoms with E-state index in [1.807, 2.05) is 6.07 Å². The van der Waals surface area contributed by atoms with Crippen LogP contribution >= 0.6 is 0 Å². The van der Waals surface area contributed by atoms with Gasteiger partial charge >= 0.3 is 0 Å². The van der Waals surface area contributed by atoms with Gasteiger partial charge in [-0.2, -0.15) is 4.98 Å². The highest BCUT2D eigenvalue weighted by atomic mass is 16.5. The van der Waals surface area contributed by atoms with E-state index in [-0.39, 0.29) is 12.1 Å². The molecule has 2 aliphatic rings. The van der Waals surface area contributed by atoms with Gasteiger partial charge in [0, 0.05) is 19.0 Å². The summed E-state index contributed by atoms with van der Waals surface area (Å²) < 4.78 is 11.4. The van der Waals surface area contributed by atoms with Gasteiger partial charge in [-0.3, -0.25) is 4.90 Å². The number of aromatic nitrogens is 2. The second kappa shape index (κ2) is 5.82. The molecule has 5 heteroatoms. The Kier molecular flexibility index (Phi) is 3.68. The van der Waals surface area contributed by atoms with Gasteiger partial charge in [0.25, 0.3) is 0 Å². The highest BCUT2D eigenvalue weighted by molar-refractivity contribution is 5.18. The van der Waals surface area contributed by atoms with E-state index in [2.05, 4.69) is 46.2 Å². The Morgan fingerprint density at radius 2 is 2.05 bits per heavy atom. The summed E-state index contributed by atoms with van der Waals surface area (Å²) in [5, 5.41) is 4.13. The first-order chi connectivity index (χ1) is 10.8. The van der Waals surface area contributed by atoms with Crippen molar-refractivity contribution in [2.24, 2.45) is 0 Å². The number of hydrogen-bond acceptors (Lipinski definition) is 5. The van der Waals surface area contributed by atoms with Gasteiger partial charge in [0.2, 0.25) is 5.89 Å². The van der Waals surface area contributed by atoms with Crippen LogP contribution in [0.3, 0.4) is 0 Å². The van der Waals surface area contributed by atoms with E-state index in [4.69, 9.17) is 9.26 Å². The average Bonchev–Trinajstić information content (AvgIpc) is 3.32. The first kappa shape index (κ1) is 13.9. The first-order valence-corrected chi connectivity index (χ1v) is 8.05. The minimum absolute atomic E-state index is 0.114. The minimum atomic E-state index is 0.114. The Morgan fingerprint density at radius 3 is 2.82 bits per heavy atom. The van der Waals surface area contributed by atoms with Crippen LogP contribution in [-0.4, -0.2) is 34.7 Å². The molecule has 1 aromatic carbocycles. The van der Waals surface area contributed by atoms with Crippen LogP contribution in [0.15, 0.2) is 34.9 Å². The molecule has 0 bridgehead atoms. The molecule has 4 rings (SSSR count). The average molecular weight is 299 g/mol. The summed E-state index contributed by atoms with van der Waals surface area (Å²) in [6, 6.07) is 10.5. The number of nitrogens with zero attached hydrogens (tertiary/aromatic N) is 3. The van der Waals surface area contributed by atoms with E-state index < -0.39 is 0 Å². The smallest absolute Gasteiger partial charge is 0.243 e. The second-order valence-electron chi connectivity index (χ2n) is 6.21. The number of rotatable bonds is 4. The molecule has 2 heterocycles. The summed E-state index contributed by atoms with van der Waals surface area (Å²) in [5.41, 5.74) is 1.23. The van der Waals surface area contributed by atoms with Crippen LogP contribution in [0.25, 0.3) is 0 Å². The Hall–Kier alpha value is -1.72. The normalized spacial score (nSPS) is 24.3. The molecule has 0 amide bonds. The van der Waals surface area contributed by atoms with E-state index in [1.165, 1.54) is 18.4 Å². The van der Waals surface area contributed by atoms with E-state index >= 15 is 0 Å². The lowest BCUT2D eigenvalue weighted by Crippen LogP contribution is -2.40. The quantitative estimate of drug-likeness (QED) is 0.868. The zero-order valence-electron chi connectivity index (χ0n) is 12.8. The van der Waals surface area contributed by atoms with Gasteiger partial charge in [-0.15, -0.1) is 0 Å². The van der Waals surface area contributed by atoms with E-state index in [9.17, 15) is 0 Å². The van der Waals surface area contributed by atoms with Crippen molar-refractivity contribution in [2.75, 3.05) is 19.7 Å². The summed E-state index contributed by atoms with van der Waals surface area (Å²) in [5.74, 6) is 2.15. The lowest BCUT2D eigenvalue weighted by atomic mass is 10.1. The molecule has 5 nitrogen and oxygen atoms in total. The van der Waals surface area contributed by atoms with Crippen molar-refractivity contribution in [1.29, 1.82) is 0 Å². The van der Waals surface area contributed by atoms with Crippen LogP contribution in [0, 0.1) is 0 Å². The van der Waals surface area contributed by atoms with Crippen molar-refractivity contribution in [3.05, 3.63) is 47.6 Å². The van der Waals surface area contributed by atoms with Crippen LogP contribution in [0.5, 0.6) is 0 Å². The summed E-state index contributed by atoms with van der Waals surface area (Å²) in [6.45, 7) is 4.61. The predicted octanol–water partition coefficient (Wildman–Crippen LogP) is 3.08. The van der Waals surface area contributed by atoms with Gasteiger partial charge in [-0.1, -0.05) is 35.5 Å². The summed E-state index contributed by atoms with van der Waals surface area (Å²) >= 11 is 0. The third kappa shape index (κ3) is 2.78. The standard InChI is InChI=1S/C17H21N3O2/c1-12(17-18-16(19-22-17)14-7-8-14)20-9-10-21-15(11-20)13-5-3-2-4-6-13/h2-6,12,14-15H,7-11H2,1H3/t12-,15+/m0/s1. The molecule has 2 atom stereocenters. The molecule has 0 unspecified atom stereocenters. The number of benzene rings is 1. The highest BCUT2D eigenvalue weighted by Gasteiger charge is 2.32. The van der Waals surface area contributed by atoms with Crippen molar-refractivity contribution in [3.63, 3.8) is 0 Å². The van der Waals surface area contributed by atoms with Crippen molar-refractivity contribution >= 4 is 0 Å². The van der Waals surface area contributed by atoms with E-state index in [1.54, 1.807) is 0 Å². The monoisotopic (exact) mass is 299 g/mol. The van der Waals surface area contributed by atoms with E-state index in [0.29, 0.717) is 5.92 Å². The first-order valence-electron chi connectivity index (χ1n) is 8.05. The van der Waals surface area contributed by atoms with Crippen LogP contribution < -0.4 is 0 Å². The van der Waals surface area contributed by atoms with E-state index in [0.717, 1.165) is 31.4 Å². The number of morpholine rings is 1. The van der Waals surface area contributed by atoms with Gasteiger partial charge in [-0.05, 0) is 25.3 Å². The van der Waals surface area contributed by atoms with Crippen LogP contribution in [0.4, 0.5) is 0 Å². The zero-order valence-corrected chi connectivity index (χ0v) is 12.8. The molecule has 2 fully saturated rings. The van der Waals surface area contributed by atoms with Crippen LogP contribution in [0.1, 0.15) is 55.1 Å². The molecule has 2 aromatic rings. The molecule has 1 aliphatic heterocycles. The molecule has 0 spiro atoms. The maximum absolute atomic E-state index is 5.93. The fraction of sp³-hybridized carbons (Fsp3) is 0.529. The lowest BCUT2D eigenvalue weighted by Gasteiger charge is -2.35. The number of hydrogen-bond donors (Lipinski definition) is 0. The maximum Gasteiger partial charge on any atom is 0.243 e. The number of ether oxygens (including phenoxy) is 1. The molecular weight excluding hydrogens is 278 g/mol. The Balaban J connectivity index is 1.46. The molecule has 116 valence electrons. The minimum Gasteiger partial charge on any atom is -0.371 e. The van der Waals surface area contributed by atoms with Crippen LogP contribution in [-0.2, 0) is 4.74 Å². The third-order valence-electron chi connectivity index (χ3n) is 4.57. The lowest BCUT2D eigenvalue weighted by molar-refractivity contribution is -0.0469. The maximum atomic E-state index is 5.93. The Labute approximate surface area is 130 Å². The fourth-order valence-electron chi connectivity index (χ4n) is 2.97. The Bertz CT molecular complexity index is 624. The summed E-state index contributed by atoms with van der Waals surface area (Å²) in [7, 11) is 0. The topological polar surface area (TPSA) is 51.4 Å². The van der Waals surface area contributed by atoms with Gasteiger partial charge in [0.1, 0.15) is 0 Å². The molecular formula is C17H21N3O2. The molecule has 1 saturated heterocycles. The van der Waals surface area contributed by atoms with Gasteiger partial charge in [0.15, 0.2) is 5.82 Å². The molecule has 22 heavy (non-hydrogen) atoms. The zero-order chi connectivity index (χ0) is 14.9. The molecule has 1 aliphatic carbocycles. The SMILES string of the molecule is C[C@@H](c1nc(C2CC2)no1)N1CCO[C@@H](c2ccccc2)C1. The second-order valence-corrected chi connectivity index (χ2v) is 6.21. The van der Waals surface area contributed by atoms with Crippen molar-refractivity contribution in [1.82, 2.24) is 15.0 Å². The Morgan fingerprint density at radius 1 is 1.23 bits per heavy atom. The largest absolute Gasteiger partial charge is 0.371 e. The van der Waals surface area contributed by atoms with Crippen molar-refractivity contribution in [3.8, 4) is 0 Å². The third-order valence-corrected chi connectivity index (χ3v) is 4.57. The van der Waals surface area contributed by atoms with Gasteiger partial charge in [0.05, 0.1) is 18.8 Å². The predicted molar refractivity (Wildman–Crippen MR) is 81.4 cm³/mol. The van der Waals surface area contributed by atoms with Crippen LogP contribution in [0.2, 0.25) is 0 Å². The van der Waals surface area contributed by atoms with Crippen molar-refractivity contribution < 1.29 is 9.26 Å². The summed E-state index contributed by atoms with van der Waals surface area (Å²) in [6.07, 6.45) is 2.50. The van der Waals surface area contributed by atoms with Crippen molar-refractivity contribution in [2.45, 2.75) is 37.8 Å².